The van der Waals surface area contributed by atoms with E-state index in [2.05, 4.69) is 10.5 Å². The van der Waals surface area contributed by atoms with Crippen LogP contribution in [0.3, 0.4) is 0 Å². The number of carbonyl (C=O) groups is 1. The highest BCUT2D eigenvalue weighted by Gasteiger charge is 2.09. The molecule has 17 heavy (non-hydrogen) atoms. The summed E-state index contributed by atoms with van der Waals surface area (Å²) in [6, 6.07) is 5.99. The van der Waals surface area contributed by atoms with E-state index in [1.54, 1.807) is 0 Å². The Morgan fingerprint density at radius 2 is 1.94 bits per heavy atom. The van der Waals surface area contributed by atoms with Crippen LogP contribution in [-0.4, -0.2) is 22.2 Å². The minimum absolute atomic E-state index is 0.244. The van der Waals surface area contributed by atoms with Crippen LogP contribution < -0.4 is 28.3 Å². The monoisotopic (exact) mass is 239 g/mol. The molecule has 0 radical (unpaired) electrons. The molecule has 0 aliphatic heterocycles. The van der Waals surface area contributed by atoms with Gasteiger partial charge in [0.15, 0.2) is 0 Å². The first-order chi connectivity index (χ1) is 8.08. The lowest BCUT2D eigenvalue weighted by Gasteiger charge is -2.17. The Bertz CT molecular complexity index is 416. The first kappa shape index (κ1) is 12.5. The van der Waals surface area contributed by atoms with Crippen LogP contribution in [0.25, 0.3) is 0 Å². The maximum atomic E-state index is 11.6. The van der Waals surface area contributed by atoms with Gasteiger partial charge < -0.3 is 11.6 Å². The molecule has 9 heteroatoms. The topological polar surface area (TPSA) is 155 Å². The molecule has 0 heterocycles. The third kappa shape index (κ3) is 3.22. The van der Waals surface area contributed by atoms with Crippen molar-refractivity contribution in [2.45, 2.75) is 0 Å². The highest BCUT2D eigenvalue weighted by molar-refractivity contribution is 5.95. The van der Waals surface area contributed by atoms with E-state index in [0.717, 1.165) is 0 Å². The van der Waals surface area contributed by atoms with Gasteiger partial charge in [-0.25, -0.2) is 11.3 Å². The number of amides is 1. The van der Waals surface area contributed by atoms with Gasteiger partial charge in [-0.3, -0.25) is 15.5 Å². The molecule has 0 saturated heterocycles. The minimum atomic E-state index is -0.497. The van der Waals surface area contributed by atoms with Gasteiger partial charge in [-0.05, 0) is 24.3 Å². The Morgan fingerprint density at radius 3 is 2.41 bits per heavy atom. The van der Waals surface area contributed by atoms with Gasteiger partial charge in [0.2, 0.25) is 5.96 Å². The van der Waals surface area contributed by atoms with E-state index in [9.17, 15) is 4.79 Å². The molecule has 92 valence electrons. The summed E-state index contributed by atoms with van der Waals surface area (Å²) in [4.78, 5) is 11.6. The fourth-order valence-electron chi connectivity index (χ4n) is 0.990. The van der Waals surface area contributed by atoms with E-state index in [-0.39, 0.29) is 5.96 Å². The number of hydrogen-bond acceptors (Lipinski definition) is 6. The van der Waals surface area contributed by atoms with Crippen molar-refractivity contribution < 1.29 is 10.0 Å². The zero-order valence-electron chi connectivity index (χ0n) is 8.79. The number of rotatable bonds is 2. The van der Waals surface area contributed by atoms with Crippen LogP contribution in [0.1, 0.15) is 10.4 Å². The maximum Gasteiger partial charge on any atom is 0.271 e. The largest absolute Gasteiger partial charge is 0.366 e. The summed E-state index contributed by atoms with van der Waals surface area (Å²) < 4.78 is 0. The molecule has 9 nitrogen and oxygen atoms in total. The molecule has 0 aromatic heterocycles. The van der Waals surface area contributed by atoms with Gasteiger partial charge in [0, 0.05) is 5.56 Å². The van der Waals surface area contributed by atoms with Gasteiger partial charge in [0.25, 0.3) is 5.91 Å². The van der Waals surface area contributed by atoms with Crippen LogP contribution in [-0.2, 0) is 0 Å². The third-order valence-electron chi connectivity index (χ3n) is 1.88. The predicted octanol–water partition coefficient (Wildman–Crippen LogP) is -1.50. The lowest BCUT2D eigenvalue weighted by molar-refractivity contribution is 0.0869. The zero-order chi connectivity index (χ0) is 12.8. The average Bonchev–Trinajstić information content (AvgIpc) is 2.37. The molecular formula is C8H13N7O2. The number of nitrogens with one attached hydrogen (secondary N) is 2. The number of nitrogens with two attached hydrogens (primary N) is 3. The lowest BCUT2D eigenvalue weighted by Crippen LogP contribution is -2.54. The maximum absolute atomic E-state index is 11.6. The van der Waals surface area contributed by atoms with Crippen molar-refractivity contribution in [2.75, 3.05) is 5.48 Å². The minimum Gasteiger partial charge on any atom is -0.366 e. The summed E-state index contributed by atoms with van der Waals surface area (Å²) in [7, 11) is 0. The van der Waals surface area contributed by atoms with E-state index in [0.29, 0.717) is 16.4 Å². The smallest absolute Gasteiger partial charge is 0.271 e. The Kier molecular flexibility index (Phi) is 4.08. The SMILES string of the molecule is NN=C(N)N(N)NC(=O)c1ccc(NO)cc1. The van der Waals surface area contributed by atoms with Gasteiger partial charge in [-0.1, -0.05) is 0 Å². The number of hydrazone groups is 1. The van der Waals surface area contributed by atoms with Crippen molar-refractivity contribution >= 4 is 17.6 Å². The summed E-state index contributed by atoms with van der Waals surface area (Å²) in [6.07, 6.45) is 0. The van der Waals surface area contributed by atoms with E-state index < -0.39 is 5.91 Å². The molecule has 9 N–H and O–H groups in total. The molecule has 0 atom stereocenters. The van der Waals surface area contributed by atoms with Crippen LogP contribution in [0.2, 0.25) is 0 Å². The molecule has 0 bridgehead atoms. The Balaban J connectivity index is 2.69. The van der Waals surface area contributed by atoms with Crippen molar-refractivity contribution in [3.63, 3.8) is 0 Å². The Hall–Kier alpha value is -2.52. The normalized spacial score (nSPS) is 10.8. The molecule has 0 spiro atoms. The predicted molar refractivity (Wildman–Crippen MR) is 61.2 cm³/mol. The first-order valence-corrected chi connectivity index (χ1v) is 4.47. The van der Waals surface area contributed by atoms with Gasteiger partial charge >= 0.3 is 0 Å². The van der Waals surface area contributed by atoms with Gasteiger partial charge in [-0.2, -0.15) is 5.12 Å². The fourth-order valence-corrected chi connectivity index (χ4v) is 0.990. The molecule has 0 fully saturated rings. The van der Waals surface area contributed by atoms with Gasteiger partial charge in [-0.15, -0.1) is 5.10 Å². The number of guanidine groups is 1. The Morgan fingerprint density at radius 1 is 1.35 bits per heavy atom. The highest BCUT2D eigenvalue weighted by Crippen LogP contribution is 2.08. The quantitative estimate of drug-likeness (QED) is 0.159. The summed E-state index contributed by atoms with van der Waals surface area (Å²) in [5, 5.41) is 12.4. The van der Waals surface area contributed by atoms with Gasteiger partial charge in [0.05, 0.1) is 5.69 Å². The van der Waals surface area contributed by atoms with Crippen LogP contribution in [0, 0.1) is 0 Å². The average molecular weight is 239 g/mol. The van der Waals surface area contributed by atoms with Crippen LogP contribution >= 0.6 is 0 Å². The van der Waals surface area contributed by atoms with E-state index in [1.807, 2.05) is 5.48 Å². The van der Waals surface area contributed by atoms with E-state index in [4.69, 9.17) is 22.6 Å². The molecule has 1 aromatic carbocycles. The van der Waals surface area contributed by atoms with Crippen LogP contribution in [0.15, 0.2) is 29.4 Å². The van der Waals surface area contributed by atoms with E-state index in [1.165, 1.54) is 24.3 Å². The molecule has 0 saturated carbocycles. The summed E-state index contributed by atoms with van der Waals surface area (Å²) in [6.45, 7) is 0. The van der Waals surface area contributed by atoms with Crippen molar-refractivity contribution in [3.8, 4) is 0 Å². The summed E-state index contributed by atoms with van der Waals surface area (Å²) in [5.41, 5.74) is 10.2. The second-order valence-corrected chi connectivity index (χ2v) is 2.99. The summed E-state index contributed by atoms with van der Waals surface area (Å²) >= 11 is 0. The number of anilines is 1. The van der Waals surface area contributed by atoms with Crippen LogP contribution in [0.4, 0.5) is 5.69 Å². The van der Waals surface area contributed by atoms with Crippen LogP contribution in [0.5, 0.6) is 0 Å². The fraction of sp³-hybridized carbons (Fsp3) is 0. The number of hydrazine groups is 2. The molecule has 1 rings (SSSR count). The van der Waals surface area contributed by atoms with Crippen molar-refractivity contribution in [1.29, 1.82) is 0 Å². The van der Waals surface area contributed by atoms with Crippen molar-refractivity contribution in [3.05, 3.63) is 29.8 Å². The van der Waals surface area contributed by atoms with Crippen molar-refractivity contribution in [2.24, 2.45) is 22.5 Å². The first-order valence-electron chi connectivity index (χ1n) is 4.47. The van der Waals surface area contributed by atoms with Crippen molar-refractivity contribution in [1.82, 2.24) is 10.5 Å². The second-order valence-electron chi connectivity index (χ2n) is 2.99. The molecular weight excluding hydrogens is 226 g/mol. The molecule has 1 amide bonds. The third-order valence-corrected chi connectivity index (χ3v) is 1.88. The Labute approximate surface area is 96.8 Å². The zero-order valence-corrected chi connectivity index (χ0v) is 8.79. The van der Waals surface area contributed by atoms with E-state index >= 15 is 0 Å². The number of benzene rings is 1. The molecule has 1 aromatic rings. The number of carbonyl (C=O) groups excluding carboxylic acids is 1. The number of nitrogens with zero attached hydrogens (tertiary/aromatic N) is 2. The lowest BCUT2D eigenvalue weighted by atomic mass is 10.2. The molecule has 0 aliphatic rings. The summed E-state index contributed by atoms with van der Waals surface area (Å²) in [5.74, 6) is 9.47. The number of hydrogen-bond donors (Lipinski definition) is 6. The molecule has 0 aliphatic carbocycles. The molecule has 0 unspecified atom stereocenters. The van der Waals surface area contributed by atoms with Gasteiger partial charge in [0.1, 0.15) is 0 Å². The standard InChI is InChI=1S/C8H13N7O2/c9-8(12-10)15(11)13-7(16)5-1-3-6(14-17)4-2-5/h1-4,14,17H,10-11H2,(H2,9,12)(H,13,16). The second kappa shape index (κ2) is 5.53. The highest BCUT2D eigenvalue weighted by atomic mass is 16.5.